The second-order valence-corrected chi connectivity index (χ2v) is 9.22. The number of hydrogen-bond acceptors (Lipinski definition) is 7. The number of carbonyl (C=O) groups excluding carboxylic acids is 1. The number of methoxy groups -OCH3 is 1. The van der Waals surface area contributed by atoms with Gasteiger partial charge in [0.25, 0.3) is 0 Å². The number of thiazole rings is 1. The summed E-state index contributed by atoms with van der Waals surface area (Å²) in [5, 5.41) is 2.01. The maximum absolute atomic E-state index is 11.6. The summed E-state index contributed by atoms with van der Waals surface area (Å²) >= 11 is 1.59. The number of benzene rings is 2. The summed E-state index contributed by atoms with van der Waals surface area (Å²) in [6.07, 6.45) is 1.23. The number of hydrogen-bond donors (Lipinski definition) is 0. The fourth-order valence-electron chi connectivity index (χ4n) is 4.71. The minimum Gasteiger partial charge on any atom is -0.487 e. The van der Waals surface area contributed by atoms with Crippen LogP contribution in [-0.2, 0) is 24.4 Å². The quantitative estimate of drug-likeness (QED) is 0.485. The lowest BCUT2D eigenvalue weighted by Crippen LogP contribution is -2.45. The summed E-state index contributed by atoms with van der Waals surface area (Å²) in [6.45, 7) is 4.63. The summed E-state index contributed by atoms with van der Waals surface area (Å²) in [4.78, 5) is 21.0. The van der Waals surface area contributed by atoms with E-state index >= 15 is 0 Å². The van der Waals surface area contributed by atoms with E-state index in [1.165, 1.54) is 24.7 Å². The van der Waals surface area contributed by atoms with Crippen molar-refractivity contribution in [3.8, 4) is 5.75 Å². The average Bonchev–Trinajstić information content (AvgIpc) is 3.57. The highest BCUT2D eigenvalue weighted by Crippen LogP contribution is 2.33. The minimum atomic E-state index is -0.286. The van der Waals surface area contributed by atoms with E-state index in [1.807, 2.05) is 35.2 Å². The molecule has 0 N–H and O–H groups in total. The van der Waals surface area contributed by atoms with Crippen LogP contribution in [0.15, 0.2) is 59.4 Å². The zero-order valence-electron chi connectivity index (χ0n) is 18.1. The van der Waals surface area contributed by atoms with Crippen LogP contribution in [0.2, 0.25) is 0 Å². The van der Waals surface area contributed by atoms with Gasteiger partial charge in [-0.3, -0.25) is 9.80 Å². The highest BCUT2D eigenvalue weighted by Gasteiger charge is 2.42. The molecule has 0 unspecified atom stereocenters. The lowest BCUT2D eigenvalue weighted by Gasteiger charge is -2.34. The van der Waals surface area contributed by atoms with Crippen molar-refractivity contribution in [3.63, 3.8) is 0 Å². The number of fused-ring (bicyclic) bond motifs is 2. The fraction of sp³-hybridized carbons (Fsp3) is 0.360. The van der Waals surface area contributed by atoms with Gasteiger partial charge in [-0.15, -0.1) is 11.3 Å². The summed E-state index contributed by atoms with van der Waals surface area (Å²) < 4.78 is 10.6. The van der Waals surface area contributed by atoms with E-state index in [9.17, 15) is 4.79 Å². The van der Waals surface area contributed by atoms with Gasteiger partial charge in [0.15, 0.2) is 0 Å². The molecule has 32 heavy (non-hydrogen) atoms. The normalized spacial score (nSPS) is 20.5. The van der Waals surface area contributed by atoms with Crippen molar-refractivity contribution in [1.82, 2.24) is 14.8 Å². The van der Waals surface area contributed by atoms with Gasteiger partial charge in [-0.1, -0.05) is 24.3 Å². The highest BCUT2D eigenvalue weighted by atomic mass is 32.1. The molecule has 2 atom stereocenters. The first-order valence-electron chi connectivity index (χ1n) is 10.9. The van der Waals surface area contributed by atoms with Crippen LogP contribution in [0.3, 0.4) is 0 Å². The van der Waals surface area contributed by atoms with Crippen LogP contribution in [0.25, 0.3) is 0 Å². The molecule has 3 heterocycles. The van der Waals surface area contributed by atoms with Gasteiger partial charge < -0.3 is 9.47 Å². The SMILES string of the molecule is COC(=O)c1ccc(CN2C[C@@H]3C[C@H]2CN3Cc2ccc(OCc3cscn3)cc2)cc1. The number of likely N-dealkylation sites (tertiary alicyclic amines) is 2. The van der Waals surface area contributed by atoms with E-state index in [1.54, 1.807) is 11.3 Å². The van der Waals surface area contributed by atoms with E-state index in [0.717, 1.165) is 37.6 Å². The molecule has 0 aliphatic carbocycles. The van der Waals surface area contributed by atoms with E-state index < -0.39 is 0 Å². The van der Waals surface area contributed by atoms with Gasteiger partial charge in [0.05, 0.1) is 23.9 Å². The Morgan fingerprint density at radius 1 is 1.00 bits per heavy atom. The van der Waals surface area contributed by atoms with Crippen molar-refractivity contribution in [2.45, 2.75) is 38.2 Å². The van der Waals surface area contributed by atoms with E-state index in [4.69, 9.17) is 9.47 Å². The summed E-state index contributed by atoms with van der Waals surface area (Å²) in [5.74, 6) is 0.598. The molecule has 1 aromatic heterocycles. The molecular weight excluding hydrogens is 422 g/mol. The number of rotatable bonds is 8. The molecule has 2 aliphatic rings. The molecule has 7 heteroatoms. The zero-order valence-corrected chi connectivity index (χ0v) is 19.0. The Kier molecular flexibility index (Phi) is 6.21. The van der Waals surface area contributed by atoms with Gasteiger partial charge in [-0.05, 0) is 41.8 Å². The second-order valence-electron chi connectivity index (χ2n) is 8.50. The second kappa shape index (κ2) is 9.40. The standard InChI is InChI=1S/C25H27N3O3S/c1-30-25(29)20-6-2-18(3-7-20)11-27-13-23-10-22(27)14-28(23)12-19-4-8-24(9-5-19)31-15-21-16-32-17-26-21/h2-9,16-17,22-23H,10-15H2,1H3/t22-,23-/m0/s1. The van der Waals surface area contributed by atoms with Gasteiger partial charge in [0.1, 0.15) is 12.4 Å². The van der Waals surface area contributed by atoms with Crippen LogP contribution in [-0.4, -0.2) is 53.0 Å². The van der Waals surface area contributed by atoms with Gasteiger partial charge in [-0.25, -0.2) is 9.78 Å². The zero-order chi connectivity index (χ0) is 21.9. The maximum atomic E-state index is 11.6. The lowest BCUT2D eigenvalue weighted by atomic mass is 10.1. The molecule has 2 saturated heterocycles. The predicted octanol–water partition coefficient (Wildman–Crippen LogP) is 3.97. The molecule has 2 fully saturated rings. The van der Waals surface area contributed by atoms with Crippen molar-refractivity contribution in [2.75, 3.05) is 20.2 Å². The average molecular weight is 450 g/mol. The minimum absolute atomic E-state index is 0.286. The number of piperazine rings is 1. The monoisotopic (exact) mass is 449 g/mol. The van der Waals surface area contributed by atoms with Gasteiger partial charge in [-0.2, -0.15) is 0 Å². The molecule has 166 valence electrons. The Hall–Kier alpha value is -2.74. The van der Waals surface area contributed by atoms with E-state index in [2.05, 4.69) is 39.0 Å². The third-order valence-electron chi connectivity index (χ3n) is 6.41. The number of aromatic nitrogens is 1. The van der Waals surface area contributed by atoms with Crippen molar-refractivity contribution in [1.29, 1.82) is 0 Å². The summed E-state index contributed by atoms with van der Waals surface area (Å²) in [5.41, 5.74) is 5.96. The highest BCUT2D eigenvalue weighted by molar-refractivity contribution is 7.07. The smallest absolute Gasteiger partial charge is 0.337 e. The molecule has 5 rings (SSSR count). The maximum Gasteiger partial charge on any atom is 0.337 e. The van der Waals surface area contributed by atoms with Gasteiger partial charge in [0, 0.05) is 43.6 Å². The molecule has 0 saturated carbocycles. The molecular formula is C25H27N3O3S. The number of carbonyl (C=O) groups is 1. The van der Waals surface area contributed by atoms with Crippen LogP contribution >= 0.6 is 11.3 Å². The van der Waals surface area contributed by atoms with E-state index in [0.29, 0.717) is 24.3 Å². The Bertz CT molecular complexity index is 1040. The Balaban J connectivity index is 1.11. The first-order valence-corrected chi connectivity index (χ1v) is 11.9. The molecule has 2 aliphatic heterocycles. The Morgan fingerprint density at radius 3 is 2.16 bits per heavy atom. The predicted molar refractivity (Wildman–Crippen MR) is 124 cm³/mol. The Labute approximate surface area is 192 Å². The fourth-order valence-corrected chi connectivity index (χ4v) is 5.25. The molecule has 3 aromatic rings. The largest absolute Gasteiger partial charge is 0.487 e. The molecule has 0 amide bonds. The van der Waals surface area contributed by atoms with Crippen LogP contribution < -0.4 is 4.74 Å². The van der Waals surface area contributed by atoms with Crippen molar-refractivity contribution < 1.29 is 14.3 Å². The number of ether oxygens (including phenoxy) is 2. The third kappa shape index (κ3) is 4.70. The summed E-state index contributed by atoms with van der Waals surface area (Å²) in [6, 6.07) is 17.4. The molecule has 0 spiro atoms. The Morgan fingerprint density at radius 2 is 1.62 bits per heavy atom. The number of nitrogens with zero attached hydrogens (tertiary/aromatic N) is 3. The molecule has 6 nitrogen and oxygen atoms in total. The van der Waals surface area contributed by atoms with Crippen molar-refractivity contribution in [2.24, 2.45) is 0 Å². The number of esters is 1. The van der Waals surface area contributed by atoms with Crippen molar-refractivity contribution >= 4 is 17.3 Å². The van der Waals surface area contributed by atoms with Gasteiger partial charge >= 0.3 is 5.97 Å². The van der Waals surface area contributed by atoms with Crippen LogP contribution in [0.4, 0.5) is 0 Å². The third-order valence-corrected chi connectivity index (χ3v) is 7.04. The van der Waals surface area contributed by atoms with Crippen LogP contribution in [0.1, 0.15) is 33.6 Å². The summed E-state index contributed by atoms with van der Waals surface area (Å²) in [7, 11) is 1.41. The lowest BCUT2D eigenvalue weighted by molar-refractivity contribution is 0.0600. The first kappa shape index (κ1) is 21.1. The molecule has 2 aromatic carbocycles. The topological polar surface area (TPSA) is 54.9 Å². The van der Waals surface area contributed by atoms with E-state index in [-0.39, 0.29) is 5.97 Å². The van der Waals surface area contributed by atoms with Crippen LogP contribution in [0.5, 0.6) is 5.75 Å². The molecule has 2 bridgehead atoms. The molecule has 0 radical (unpaired) electrons. The van der Waals surface area contributed by atoms with Crippen LogP contribution in [0, 0.1) is 0 Å². The van der Waals surface area contributed by atoms with Crippen molar-refractivity contribution in [3.05, 3.63) is 81.8 Å². The first-order chi connectivity index (χ1) is 15.7. The van der Waals surface area contributed by atoms with Gasteiger partial charge in [0.2, 0.25) is 0 Å².